The molecule has 1 N–H and O–H groups in total. The number of anilines is 1. The van der Waals surface area contributed by atoms with E-state index in [0.29, 0.717) is 0 Å². The predicted molar refractivity (Wildman–Crippen MR) is 86.7 cm³/mol. The minimum Gasteiger partial charge on any atom is -0.305 e. The Morgan fingerprint density at radius 2 is 2.00 bits per heavy atom. The summed E-state index contributed by atoms with van der Waals surface area (Å²) in [7, 11) is -3.11. The number of carbonyl (C=O) groups excluding carboxylic acids is 1. The van der Waals surface area contributed by atoms with E-state index in [1.165, 1.54) is 0 Å². The number of fused-ring (bicyclic) bond motifs is 1. The maximum Gasteiger partial charge on any atom is 0.244 e. The minimum atomic E-state index is -3.11. The quantitative estimate of drug-likeness (QED) is 0.886. The van der Waals surface area contributed by atoms with Crippen molar-refractivity contribution in [3.63, 3.8) is 0 Å². The van der Waals surface area contributed by atoms with E-state index >= 15 is 0 Å². The molecule has 1 aromatic carbocycles. The smallest absolute Gasteiger partial charge is 0.244 e. The van der Waals surface area contributed by atoms with E-state index in [1.807, 2.05) is 45.0 Å². The van der Waals surface area contributed by atoms with E-state index < -0.39 is 9.84 Å². The van der Waals surface area contributed by atoms with Gasteiger partial charge in [-0.15, -0.1) is 0 Å². The van der Waals surface area contributed by atoms with Crippen molar-refractivity contribution in [2.75, 3.05) is 16.4 Å². The Balaban J connectivity index is 2.05. The van der Waals surface area contributed by atoms with Crippen molar-refractivity contribution in [1.29, 1.82) is 0 Å². The molecule has 2 aliphatic heterocycles. The van der Waals surface area contributed by atoms with Gasteiger partial charge in [0.25, 0.3) is 0 Å². The Bertz CT molecular complexity index is 699. The summed E-state index contributed by atoms with van der Waals surface area (Å²) >= 11 is 0. The van der Waals surface area contributed by atoms with E-state index in [-0.39, 0.29) is 41.5 Å². The molecule has 6 heteroatoms. The van der Waals surface area contributed by atoms with Gasteiger partial charge in [-0.2, -0.15) is 0 Å². The number of nitrogens with zero attached hydrogens (tertiary/aromatic N) is 1. The Labute approximate surface area is 131 Å². The van der Waals surface area contributed by atoms with Crippen LogP contribution in [0, 0.1) is 12.8 Å². The van der Waals surface area contributed by atoms with Crippen LogP contribution in [-0.2, 0) is 14.6 Å². The zero-order valence-corrected chi connectivity index (χ0v) is 13.9. The first-order valence-electron chi connectivity index (χ1n) is 7.65. The molecule has 3 atom stereocenters. The van der Waals surface area contributed by atoms with E-state index in [0.717, 1.165) is 11.3 Å². The van der Waals surface area contributed by atoms with Crippen molar-refractivity contribution in [1.82, 2.24) is 5.32 Å². The Morgan fingerprint density at radius 1 is 1.27 bits per heavy atom. The van der Waals surface area contributed by atoms with Crippen molar-refractivity contribution < 1.29 is 13.2 Å². The van der Waals surface area contributed by atoms with Gasteiger partial charge in [-0.3, -0.25) is 10.1 Å². The van der Waals surface area contributed by atoms with Crippen LogP contribution in [0.5, 0.6) is 0 Å². The van der Waals surface area contributed by atoms with E-state index in [9.17, 15) is 13.2 Å². The molecule has 0 aromatic heterocycles. The number of sulfone groups is 1. The second-order valence-electron chi connectivity index (χ2n) is 6.69. The lowest BCUT2D eigenvalue weighted by molar-refractivity contribution is -0.123. The molecule has 2 saturated heterocycles. The number of piperazine rings is 1. The number of carbonyl (C=O) groups is 1. The number of hydrogen-bond acceptors (Lipinski definition) is 4. The molecule has 1 aromatic rings. The van der Waals surface area contributed by atoms with Crippen LogP contribution in [0.3, 0.4) is 0 Å². The molecule has 0 spiro atoms. The summed E-state index contributed by atoms with van der Waals surface area (Å²) in [5.41, 5.74) is 1.85. The molecule has 0 bridgehead atoms. The Morgan fingerprint density at radius 3 is 2.64 bits per heavy atom. The molecule has 0 unspecified atom stereocenters. The molecule has 0 radical (unpaired) electrons. The minimum absolute atomic E-state index is 0.0287. The topological polar surface area (TPSA) is 66.5 Å². The lowest BCUT2D eigenvalue weighted by atomic mass is 9.94. The van der Waals surface area contributed by atoms with E-state index in [1.54, 1.807) is 4.90 Å². The molecule has 2 heterocycles. The van der Waals surface area contributed by atoms with Gasteiger partial charge in [0.2, 0.25) is 5.91 Å². The van der Waals surface area contributed by atoms with Crippen molar-refractivity contribution >= 4 is 21.4 Å². The summed E-state index contributed by atoms with van der Waals surface area (Å²) in [6, 6.07) is 6.87. The van der Waals surface area contributed by atoms with Crippen LogP contribution in [0.4, 0.5) is 5.69 Å². The third-order valence-corrected chi connectivity index (χ3v) is 6.21. The average Bonchev–Trinajstić information content (AvgIpc) is 2.71. The van der Waals surface area contributed by atoms with Crippen molar-refractivity contribution in [3.05, 3.63) is 29.8 Å². The fourth-order valence-corrected chi connectivity index (χ4v) is 5.34. The third kappa shape index (κ3) is 2.65. The highest BCUT2D eigenvalue weighted by molar-refractivity contribution is 7.91. The number of nitrogens with one attached hydrogen (secondary N) is 1. The Hall–Kier alpha value is -1.40. The molecule has 3 rings (SSSR count). The number of hydrogen-bond donors (Lipinski definition) is 1. The lowest BCUT2D eigenvalue weighted by Gasteiger charge is -2.42. The molecular weight excluding hydrogens is 300 g/mol. The van der Waals surface area contributed by atoms with Gasteiger partial charge in [0.05, 0.1) is 23.6 Å². The van der Waals surface area contributed by atoms with Crippen molar-refractivity contribution in [3.8, 4) is 0 Å². The van der Waals surface area contributed by atoms with Crippen LogP contribution < -0.4 is 10.2 Å². The molecule has 0 aliphatic carbocycles. The monoisotopic (exact) mass is 322 g/mol. The largest absolute Gasteiger partial charge is 0.305 e. The summed E-state index contributed by atoms with van der Waals surface area (Å²) in [4.78, 5) is 14.6. The zero-order chi connectivity index (χ0) is 16.1. The summed E-state index contributed by atoms with van der Waals surface area (Å²) < 4.78 is 24.1. The molecule has 0 saturated carbocycles. The number of aryl methyl sites for hydroxylation is 1. The van der Waals surface area contributed by atoms with E-state index in [2.05, 4.69) is 5.32 Å². The fraction of sp³-hybridized carbons (Fsp3) is 0.562. The third-order valence-electron chi connectivity index (χ3n) is 4.50. The standard InChI is InChI=1S/C16H22N2O3S/c1-10(2)15-16(19)18(12-6-4-5-11(3)7-12)14-9-22(20,21)8-13(14)17-15/h4-7,10,13-15,17H,8-9H2,1-3H3/t13-,14+,15+/m1/s1. The van der Waals surface area contributed by atoms with Crippen LogP contribution >= 0.6 is 0 Å². The lowest BCUT2D eigenvalue weighted by Crippen LogP contribution is -2.66. The molecule has 22 heavy (non-hydrogen) atoms. The summed E-state index contributed by atoms with van der Waals surface area (Å²) in [6.07, 6.45) is 0. The van der Waals surface area contributed by atoms with Crippen LogP contribution in [-0.4, -0.2) is 44.0 Å². The molecule has 120 valence electrons. The van der Waals surface area contributed by atoms with Gasteiger partial charge < -0.3 is 4.90 Å². The predicted octanol–water partition coefficient (Wildman–Crippen LogP) is 1.12. The van der Waals surface area contributed by atoms with E-state index in [4.69, 9.17) is 0 Å². The van der Waals surface area contributed by atoms with Crippen molar-refractivity contribution in [2.24, 2.45) is 5.92 Å². The molecule has 1 amide bonds. The summed E-state index contributed by atoms with van der Waals surface area (Å²) in [5, 5.41) is 3.26. The van der Waals surface area contributed by atoms with Gasteiger partial charge in [0.1, 0.15) is 0 Å². The van der Waals surface area contributed by atoms with Crippen LogP contribution in [0.25, 0.3) is 0 Å². The maximum absolute atomic E-state index is 12.9. The van der Waals surface area contributed by atoms with Crippen LogP contribution in [0.1, 0.15) is 19.4 Å². The Kier molecular flexibility index (Phi) is 3.77. The van der Waals surface area contributed by atoms with Crippen LogP contribution in [0.15, 0.2) is 24.3 Å². The molecular formula is C16H22N2O3S. The summed E-state index contributed by atoms with van der Waals surface area (Å²) in [6.45, 7) is 5.93. The first kappa shape index (κ1) is 15.5. The molecule has 2 aliphatic rings. The van der Waals surface area contributed by atoms with Gasteiger partial charge in [-0.1, -0.05) is 26.0 Å². The maximum atomic E-state index is 12.9. The zero-order valence-electron chi connectivity index (χ0n) is 13.1. The van der Waals surface area contributed by atoms with Crippen molar-refractivity contribution in [2.45, 2.75) is 38.9 Å². The fourth-order valence-electron chi connectivity index (χ4n) is 3.43. The van der Waals surface area contributed by atoms with Gasteiger partial charge >= 0.3 is 0 Å². The SMILES string of the molecule is Cc1cccc(N2C(=O)[C@H](C(C)C)N[C@@H]3CS(=O)(=O)C[C@@H]32)c1. The summed E-state index contributed by atoms with van der Waals surface area (Å²) in [5.74, 6) is 0.231. The molecule has 2 fully saturated rings. The first-order valence-corrected chi connectivity index (χ1v) is 9.47. The number of rotatable bonds is 2. The van der Waals surface area contributed by atoms with Gasteiger partial charge in [-0.05, 0) is 30.5 Å². The van der Waals surface area contributed by atoms with Gasteiger partial charge in [0.15, 0.2) is 9.84 Å². The van der Waals surface area contributed by atoms with Crippen LogP contribution in [0.2, 0.25) is 0 Å². The van der Waals surface area contributed by atoms with Gasteiger partial charge in [-0.25, -0.2) is 8.42 Å². The second-order valence-corrected chi connectivity index (χ2v) is 8.84. The average molecular weight is 322 g/mol. The number of amides is 1. The highest BCUT2D eigenvalue weighted by atomic mass is 32.2. The number of benzene rings is 1. The van der Waals surface area contributed by atoms with Gasteiger partial charge in [0, 0.05) is 11.7 Å². The molecule has 5 nitrogen and oxygen atoms in total. The highest BCUT2D eigenvalue weighted by Gasteiger charge is 2.49. The normalized spacial score (nSPS) is 30.6. The highest BCUT2D eigenvalue weighted by Crippen LogP contribution is 2.31. The first-order chi connectivity index (χ1) is 10.3. The second kappa shape index (κ2) is 5.35.